The van der Waals surface area contributed by atoms with Crippen molar-refractivity contribution in [1.82, 2.24) is 16.0 Å². The number of amides is 1. The number of aliphatic imine (C=N–C) groups is 1. The molecule has 0 fully saturated rings. The molecule has 0 atom stereocenters. The third-order valence-electron chi connectivity index (χ3n) is 3.99. The van der Waals surface area contributed by atoms with Crippen molar-refractivity contribution in [3.8, 4) is 0 Å². The number of rotatable bonds is 8. The van der Waals surface area contributed by atoms with E-state index >= 15 is 0 Å². The summed E-state index contributed by atoms with van der Waals surface area (Å²) in [4.78, 5) is 16.3. The molecule has 0 saturated heterocycles. The van der Waals surface area contributed by atoms with Crippen LogP contribution in [0.3, 0.4) is 0 Å². The maximum absolute atomic E-state index is 13.6. The maximum Gasteiger partial charge on any atom is 0.224 e. The number of aryl methyl sites for hydroxylation is 1. The van der Waals surface area contributed by atoms with E-state index in [4.69, 9.17) is 0 Å². The van der Waals surface area contributed by atoms with E-state index in [1.165, 1.54) is 18.2 Å². The van der Waals surface area contributed by atoms with E-state index in [-0.39, 0.29) is 24.0 Å². The molecule has 0 aliphatic carbocycles. The molecule has 2 aromatic rings. The Labute approximate surface area is 164 Å². The maximum atomic E-state index is 13.6. The molecule has 0 aliphatic rings. The van der Waals surface area contributed by atoms with Gasteiger partial charge in [-0.1, -0.05) is 24.3 Å². The molecule has 0 radical (unpaired) electrons. The van der Waals surface area contributed by atoms with Crippen LogP contribution in [0.15, 0.2) is 47.5 Å². The highest BCUT2D eigenvalue weighted by atomic mass is 19.1. The van der Waals surface area contributed by atoms with Crippen molar-refractivity contribution >= 4 is 11.9 Å². The van der Waals surface area contributed by atoms with Gasteiger partial charge in [-0.25, -0.2) is 13.8 Å². The van der Waals surface area contributed by atoms with Gasteiger partial charge >= 0.3 is 0 Å². The van der Waals surface area contributed by atoms with E-state index in [2.05, 4.69) is 20.9 Å². The molecule has 0 heterocycles. The molecule has 5 nitrogen and oxygen atoms in total. The third-order valence-corrected chi connectivity index (χ3v) is 3.99. The number of halogens is 2. The number of carbonyl (C=O) groups excluding carboxylic acids is 1. The Balaban J connectivity index is 1.77. The third kappa shape index (κ3) is 7.34. The fourth-order valence-corrected chi connectivity index (χ4v) is 2.52. The predicted octanol–water partition coefficient (Wildman–Crippen LogP) is 2.69. The summed E-state index contributed by atoms with van der Waals surface area (Å²) in [5, 5.41) is 9.00. The number of nitrogens with one attached hydrogen (secondary N) is 3. The molecule has 7 heteroatoms. The molecule has 0 spiro atoms. The van der Waals surface area contributed by atoms with E-state index < -0.39 is 0 Å². The zero-order valence-electron chi connectivity index (χ0n) is 16.2. The second-order valence-electron chi connectivity index (χ2n) is 6.36. The largest absolute Gasteiger partial charge is 0.357 e. The van der Waals surface area contributed by atoms with Crippen LogP contribution < -0.4 is 16.0 Å². The van der Waals surface area contributed by atoms with Crippen LogP contribution >= 0.6 is 0 Å². The first kappa shape index (κ1) is 21.3. The molecule has 0 aromatic heterocycles. The average Bonchev–Trinajstić information content (AvgIpc) is 2.66. The van der Waals surface area contributed by atoms with Crippen molar-refractivity contribution < 1.29 is 13.6 Å². The van der Waals surface area contributed by atoms with Crippen LogP contribution in [0.25, 0.3) is 0 Å². The van der Waals surface area contributed by atoms with Crippen LogP contribution in [0.5, 0.6) is 0 Å². The van der Waals surface area contributed by atoms with E-state index in [1.54, 1.807) is 25.1 Å². The van der Waals surface area contributed by atoms with Gasteiger partial charge < -0.3 is 16.0 Å². The Kier molecular flexibility index (Phi) is 8.39. The van der Waals surface area contributed by atoms with Gasteiger partial charge in [-0.3, -0.25) is 4.79 Å². The van der Waals surface area contributed by atoms with E-state index in [9.17, 15) is 13.6 Å². The zero-order chi connectivity index (χ0) is 20.4. The fraction of sp³-hybridized carbons (Fsp3) is 0.333. The van der Waals surface area contributed by atoms with Crippen molar-refractivity contribution in [2.24, 2.45) is 4.99 Å². The Morgan fingerprint density at radius 3 is 2.50 bits per heavy atom. The lowest BCUT2D eigenvalue weighted by molar-refractivity contribution is -0.120. The van der Waals surface area contributed by atoms with Crippen LogP contribution in [0.2, 0.25) is 0 Å². The second-order valence-corrected chi connectivity index (χ2v) is 6.36. The Bertz CT molecular complexity index is 824. The van der Waals surface area contributed by atoms with Gasteiger partial charge in [0.2, 0.25) is 5.91 Å². The predicted molar refractivity (Wildman–Crippen MR) is 107 cm³/mol. The van der Waals surface area contributed by atoms with E-state index in [1.807, 2.05) is 13.0 Å². The molecule has 0 aliphatic heterocycles. The molecule has 3 N–H and O–H groups in total. The fourth-order valence-electron chi connectivity index (χ4n) is 2.52. The number of hydrogen-bond acceptors (Lipinski definition) is 2. The normalized spacial score (nSPS) is 11.2. The molecule has 28 heavy (non-hydrogen) atoms. The zero-order valence-corrected chi connectivity index (χ0v) is 16.2. The Hall–Kier alpha value is -2.96. The van der Waals surface area contributed by atoms with Crippen molar-refractivity contribution in [2.75, 3.05) is 19.6 Å². The van der Waals surface area contributed by atoms with E-state index in [0.29, 0.717) is 43.3 Å². The molecular weight excluding hydrogens is 362 g/mol. The van der Waals surface area contributed by atoms with Crippen LogP contribution in [0.4, 0.5) is 8.78 Å². The summed E-state index contributed by atoms with van der Waals surface area (Å²) in [5.41, 5.74) is 2.01. The highest BCUT2D eigenvalue weighted by Gasteiger charge is 2.04. The standard InChI is InChI=1S/C21H26F2N4O/c1-3-24-21(27-14-17-8-7-15(2)19(23)12-17)26-10-9-25-20(28)13-16-5-4-6-18(22)11-16/h4-8,11-12H,3,9-10,13-14H2,1-2H3,(H,25,28)(H2,24,26,27). The molecule has 2 aromatic carbocycles. The minimum absolute atomic E-state index is 0.130. The van der Waals surface area contributed by atoms with Gasteiger partial charge in [0.1, 0.15) is 11.6 Å². The second kappa shape index (κ2) is 11.0. The summed E-state index contributed by atoms with van der Waals surface area (Å²) < 4.78 is 26.8. The number of benzene rings is 2. The lowest BCUT2D eigenvalue weighted by atomic mass is 10.1. The molecule has 2 rings (SSSR count). The van der Waals surface area contributed by atoms with Crippen molar-refractivity contribution in [3.63, 3.8) is 0 Å². The number of carbonyl (C=O) groups is 1. The average molecular weight is 388 g/mol. The van der Waals surface area contributed by atoms with Gasteiger partial charge in [0.25, 0.3) is 0 Å². The number of hydrogen-bond donors (Lipinski definition) is 3. The van der Waals surface area contributed by atoms with Crippen LogP contribution in [0.1, 0.15) is 23.6 Å². The molecule has 1 amide bonds. The van der Waals surface area contributed by atoms with Crippen LogP contribution in [-0.4, -0.2) is 31.5 Å². The Morgan fingerprint density at radius 2 is 1.79 bits per heavy atom. The first-order chi connectivity index (χ1) is 13.5. The van der Waals surface area contributed by atoms with Gasteiger partial charge in [-0.05, 0) is 48.7 Å². The topological polar surface area (TPSA) is 65.5 Å². The van der Waals surface area contributed by atoms with Crippen molar-refractivity contribution in [2.45, 2.75) is 26.8 Å². The summed E-state index contributed by atoms with van der Waals surface area (Å²) in [6.07, 6.45) is 0.130. The molecule has 0 bridgehead atoms. The SMILES string of the molecule is CCNC(=NCc1ccc(C)c(F)c1)NCCNC(=O)Cc1cccc(F)c1. The summed E-state index contributed by atoms with van der Waals surface area (Å²) in [6, 6.07) is 11.0. The smallest absolute Gasteiger partial charge is 0.224 e. The van der Waals surface area contributed by atoms with Gasteiger partial charge in [-0.15, -0.1) is 0 Å². The lowest BCUT2D eigenvalue weighted by Gasteiger charge is -2.12. The van der Waals surface area contributed by atoms with E-state index in [0.717, 1.165) is 5.56 Å². The summed E-state index contributed by atoms with van der Waals surface area (Å²) >= 11 is 0. The molecular formula is C21H26F2N4O. The number of guanidine groups is 1. The van der Waals surface area contributed by atoms with Crippen LogP contribution in [0, 0.1) is 18.6 Å². The van der Waals surface area contributed by atoms with Crippen molar-refractivity contribution in [3.05, 3.63) is 70.8 Å². The highest BCUT2D eigenvalue weighted by Crippen LogP contribution is 2.10. The summed E-state index contributed by atoms with van der Waals surface area (Å²) in [6.45, 7) is 5.57. The first-order valence-corrected chi connectivity index (χ1v) is 9.26. The van der Waals surface area contributed by atoms with Crippen LogP contribution in [-0.2, 0) is 17.8 Å². The quantitative estimate of drug-likeness (QED) is 0.370. The van der Waals surface area contributed by atoms with Gasteiger partial charge in [-0.2, -0.15) is 0 Å². The monoisotopic (exact) mass is 388 g/mol. The number of nitrogens with zero attached hydrogens (tertiary/aromatic N) is 1. The minimum atomic E-state index is -0.355. The molecule has 150 valence electrons. The highest BCUT2D eigenvalue weighted by molar-refractivity contribution is 5.80. The first-order valence-electron chi connectivity index (χ1n) is 9.26. The minimum Gasteiger partial charge on any atom is -0.357 e. The summed E-state index contributed by atoms with van der Waals surface area (Å²) in [7, 11) is 0. The lowest BCUT2D eigenvalue weighted by Crippen LogP contribution is -2.41. The van der Waals surface area contributed by atoms with Gasteiger partial charge in [0.05, 0.1) is 13.0 Å². The molecule has 0 saturated carbocycles. The Morgan fingerprint density at radius 1 is 1.00 bits per heavy atom. The van der Waals surface area contributed by atoms with Gasteiger partial charge in [0, 0.05) is 19.6 Å². The van der Waals surface area contributed by atoms with Crippen molar-refractivity contribution in [1.29, 1.82) is 0 Å². The van der Waals surface area contributed by atoms with Gasteiger partial charge in [0.15, 0.2) is 5.96 Å². The molecule has 0 unspecified atom stereocenters. The summed E-state index contributed by atoms with van der Waals surface area (Å²) in [5.74, 6) is -0.189.